The Morgan fingerprint density at radius 3 is 2.08 bits per heavy atom. The molecular formula is C23H14N2. The highest BCUT2D eigenvalue weighted by molar-refractivity contribution is 6.23. The normalized spacial score (nSPS) is 11.2. The fraction of sp³-hybridized carbons (Fsp3) is 0. The molecule has 0 radical (unpaired) electrons. The van der Waals surface area contributed by atoms with Crippen molar-refractivity contribution in [2.75, 3.05) is 0 Å². The Kier molecular flexibility index (Phi) is 2.89. The number of rotatable bonds is 1. The SMILES string of the molecule is N#Cc1c2ccccc2c(-c2ccccc2)c2[nH]c3ccccc3c12. The molecule has 0 aliphatic rings. The van der Waals surface area contributed by atoms with E-state index < -0.39 is 0 Å². The molecule has 4 aromatic carbocycles. The molecular weight excluding hydrogens is 304 g/mol. The van der Waals surface area contributed by atoms with E-state index in [4.69, 9.17) is 0 Å². The van der Waals surface area contributed by atoms with E-state index in [-0.39, 0.29) is 0 Å². The standard InChI is InChI=1S/C23H14N2/c24-14-19-16-10-4-5-11-17(16)21(15-8-2-1-3-9-15)23-22(19)18-12-6-7-13-20(18)25-23/h1-13,25H. The van der Waals surface area contributed by atoms with Crippen LogP contribution in [0, 0.1) is 11.3 Å². The van der Waals surface area contributed by atoms with E-state index >= 15 is 0 Å². The summed E-state index contributed by atoms with van der Waals surface area (Å²) in [5.41, 5.74) is 5.13. The van der Waals surface area contributed by atoms with Gasteiger partial charge in [-0.2, -0.15) is 5.26 Å². The van der Waals surface area contributed by atoms with Crippen molar-refractivity contribution in [2.24, 2.45) is 0 Å². The first kappa shape index (κ1) is 13.8. The van der Waals surface area contributed by atoms with E-state index in [1.807, 2.05) is 36.4 Å². The second kappa shape index (κ2) is 5.22. The lowest BCUT2D eigenvalue weighted by atomic mass is 9.91. The minimum atomic E-state index is 0.739. The summed E-state index contributed by atoms with van der Waals surface area (Å²) in [6, 6.07) is 29.2. The van der Waals surface area contributed by atoms with Gasteiger partial charge in [-0.05, 0) is 17.0 Å². The Morgan fingerprint density at radius 2 is 1.32 bits per heavy atom. The van der Waals surface area contributed by atoms with E-state index in [9.17, 15) is 5.26 Å². The first-order chi connectivity index (χ1) is 12.4. The van der Waals surface area contributed by atoms with Crippen LogP contribution in [-0.2, 0) is 0 Å². The van der Waals surface area contributed by atoms with Crippen LogP contribution in [0.5, 0.6) is 0 Å². The van der Waals surface area contributed by atoms with Crippen molar-refractivity contribution in [3.63, 3.8) is 0 Å². The third-order valence-electron chi connectivity index (χ3n) is 4.85. The third kappa shape index (κ3) is 1.90. The van der Waals surface area contributed by atoms with Gasteiger partial charge < -0.3 is 4.98 Å². The first-order valence-corrected chi connectivity index (χ1v) is 8.29. The Hall–Kier alpha value is -3.57. The van der Waals surface area contributed by atoms with Crippen molar-refractivity contribution < 1.29 is 0 Å². The Balaban J connectivity index is 2.13. The third-order valence-corrected chi connectivity index (χ3v) is 4.85. The molecule has 0 saturated heterocycles. The Labute approximate surface area is 145 Å². The number of para-hydroxylation sites is 1. The van der Waals surface area contributed by atoms with Crippen molar-refractivity contribution in [1.82, 2.24) is 4.98 Å². The fourth-order valence-corrected chi connectivity index (χ4v) is 3.80. The topological polar surface area (TPSA) is 39.6 Å². The molecule has 0 fully saturated rings. The number of aromatic amines is 1. The zero-order valence-electron chi connectivity index (χ0n) is 13.5. The number of aromatic nitrogens is 1. The molecule has 0 spiro atoms. The highest BCUT2D eigenvalue weighted by Gasteiger charge is 2.18. The van der Waals surface area contributed by atoms with Gasteiger partial charge in [0.15, 0.2) is 0 Å². The molecule has 1 aromatic heterocycles. The van der Waals surface area contributed by atoms with Gasteiger partial charge in [-0.1, -0.05) is 72.8 Å². The molecule has 0 aliphatic carbocycles. The quantitative estimate of drug-likeness (QED) is 0.404. The van der Waals surface area contributed by atoms with Crippen LogP contribution < -0.4 is 0 Å². The number of hydrogen-bond donors (Lipinski definition) is 1. The van der Waals surface area contributed by atoms with Gasteiger partial charge in [0.1, 0.15) is 6.07 Å². The molecule has 0 amide bonds. The van der Waals surface area contributed by atoms with Crippen molar-refractivity contribution in [3.8, 4) is 17.2 Å². The van der Waals surface area contributed by atoms with Crippen molar-refractivity contribution in [1.29, 1.82) is 5.26 Å². The van der Waals surface area contributed by atoms with Gasteiger partial charge in [-0.25, -0.2) is 0 Å². The van der Waals surface area contributed by atoms with Gasteiger partial charge in [0, 0.05) is 27.2 Å². The molecule has 0 atom stereocenters. The maximum Gasteiger partial charge on any atom is 0.101 e. The first-order valence-electron chi connectivity index (χ1n) is 8.29. The number of nitrogens with zero attached hydrogens (tertiary/aromatic N) is 1. The predicted octanol–water partition coefficient (Wildman–Crippen LogP) is 6.01. The maximum absolute atomic E-state index is 9.91. The van der Waals surface area contributed by atoms with E-state index in [1.54, 1.807) is 0 Å². The summed E-state index contributed by atoms with van der Waals surface area (Å²) >= 11 is 0. The van der Waals surface area contributed by atoms with Crippen molar-refractivity contribution in [2.45, 2.75) is 0 Å². The van der Waals surface area contributed by atoms with Crippen LogP contribution in [0.3, 0.4) is 0 Å². The lowest BCUT2D eigenvalue weighted by Crippen LogP contribution is -1.89. The lowest BCUT2D eigenvalue weighted by Gasteiger charge is -2.11. The molecule has 5 aromatic rings. The molecule has 1 heterocycles. The molecule has 0 aliphatic heterocycles. The summed E-state index contributed by atoms with van der Waals surface area (Å²) < 4.78 is 0. The van der Waals surface area contributed by atoms with Gasteiger partial charge in [-0.3, -0.25) is 0 Å². The van der Waals surface area contributed by atoms with Gasteiger partial charge >= 0.3 is 0 Å². The number of nitrogens with one attached hydrogen (secondary N) is 1. The molecule has 0 unspecified atom stereocenters. The zero-order chi connectivity index (χ0) is 16.8. The summed E-state index contributed by atoms with van der Waals surface area (Å²) in [4.78, 5) is 3.56. The van der Waals surface area contributed by atoms with Crippen LogP contribution in [0.1, 0.15) is 5.56 Å². The average Bonchev–Trinajstić information content (AvgIpc) is 3.05. The monoisotopic (exact) mass is 318 g/mol. The maximum atomic E-state index is 9.91. The second-order valence-corrected chi connectivity index (χ2v) is 6.19. The van der Waals surface area contributed by atoms with Gasteiger partial charge in [0.05, 0.1) is 11.1 Å². The molecule has 25 heavy (non-hydrogen) atoms. The second-order valence-electron chi connectivity index (χ2n) is 6.19. The fourth-order valence-electron chi connectivity index (χ4n) is 3.80. The highest BCUT2D eigenvalue weighted by Crippen LogP contribution is 2.41. The Bertz CT molecular complexity index is 1290. The molecule has 1 N–H and O–H groups in total. The van der Waals surface area contributed by atoms with Gasteiger partial charge in [0.25, 0.3) is 0 Å². The van der Waals surface area contributed by atoms with Crippen LogP contribution in [0.2, 0.25) is 0 Å². The smallest absolute Gasteiger partial charge is 0.101 e. The summed E-state index contributed by atoms with van der Waals surface area (Å²) in [5.74, 6) is 0. The largest absolute Gasteiger partial charge is 0.354 e. The van der Waals surface area contributed by atoms with Crippen molar-refractivity contribution in [3.05, 3.63) is 84.4 Å². The van der Waals surface area contributed by atoms with E-state index in [2.05, 4.69) is 53.5 Å². The van der Waals surface area contributed by atoms with E-state index in [1.165, 1.54) is 0 Å². The Morgan fingerprint density at radius 1 is 0.680 bits per heavy atom. The minimum absolute atomic E-state index is 0.739. The average molecular weight is 318 g/mol. The van der Waals surface area contributed by atoms with Crippen LogP contribution in [0.25, 0.3) is 43.7 Å². The number of hydrogen-bond acceptors (Lipinski definition) is 1. The molecule has 5 rings (SSSR count). The molecule has 2 nitrogen and oxygen atoms in total. The molecule has 0 saturated carbocycles. The summed E-state index contributed by atoms with van der Waals surface area (Å²) in [6.07, 6.45) is 0. The minimum Gasteiger partial charge on any atom is -0.354 e. The summed E-state index contributed by atoms with van der Waals surface area (Å²) in [5, 5.41) is 14.1. The van der Waals surface area contributed by atoms with E-state index in [0.29, 0.717) is 0 Å². The van der Waals surface area contributed by atoms with Crippen LogP contribution >= 0.6 is 0 Å². The molecule has 0 bridgehead atoms. The molecule has 116 valence electrons. The highest BCUT2D eigenvalue weighted by atomic mass is 14.7. The van der Waals surface area contributed by atoms with Crippen LogP contribution in [0.15, 0.2) is 78.9 Å². The number of H-pyrrole nitrogens is 1. The van der Waals surface area contributed by atoms with Gasteiger partial charge in [0.2, 0.25) is 0 Å². The molecule has 2 heteroatoms. The van der Waals surface area contributed by atoms with E-state index in [0.717, 1.165) is 49.3 Å². The summed E-state index contributed by atoms with van der Waals surface area (Å²) in [7, 11) is 0. The summed E-state index contributed by atoms with van der Waals surface area (Å²) in [6.45, 7) is 0. The number of nitriles is 1. The zero-order valence-corrected chi connectivity index (χ0v) is 13.5. The van der Waals surface area contributed by atoms with Crippen LogP contribution in [-0.4, -0.2) is 4.98 Å². The lowest BCUT2D eigenvalue weighted by molar-refractivity contribution is 1.51. The predicted molar refractivity (Wildman–Crippen MR) is 103 cm³/mol. The van der Waals surface area contributed by atoms with Crippen molar-refractivity contribution >= 4 is 32.6 Å². The van der Waals surface area contributed by atoms with Crippen LogP contribution in [0.4, 0.5) is 0 Å². The number of fused-ring (bicyclic) bond motifs is 4. The van der Waals surface area contributed by atoms with Gasteiger partial charge in [-0.15, -0.1) is 0 Å². The number of benzene rings is 4.